The van der Waals surface area contributed by atoms with Crippen molar-refractivity contribution in [2.75, 3.05) is 32.5 Å². The highest BCUT2D eigenvalue weighted by molar-refractivity contribution is 5.94. The second-order valence-electron chi connectivity index (χ2n) is 14.6. The minimum atomic E-state index is -1.88. The van der Waals surface area contributed by atoms with Gasteiger partial charge in [0, 0.05) is 65.8 Å². The van der Waals surface area contributed by atoms with Crippen LogP contribution in [0.2, 0.25) is 0 Å². The molecule has 12 nitrogen and oxygen atoms in total. The third-order valence-corrected chi connectivity index (χ3v) is 10.9. The van der Waals surface area contributed by atoms with E-state index in [0.717, 1.165) is 59.2 Å². The van der Waals surface area contributed by atoms with E-state index in [2.05, 4.69) is 36.4 Å². The molecular weight excluding hydrogens is 636 g/mol. The molecule has 50 heavy (non-hydrogen) atoms. The maximum absolute atomic E-state index is 13.6. The summed E-state index contributed by atoms with van der Waals surface area (Å²) in [7, 11) is 4.53. The van der Waals surface area contributed by atoms with Crippen LogP contribution in [0, 0.1) is 0 Å². The molecule has 3 aliphatic rings. The van der Waals surface area contributed by atoms with Crippen LogP contribution < -0.4 is 16.6 Å². The van der Waals surface area contributed by atoms with E-state index >= 15 is 0 Å². The molecule has 1 unspecified atom stereocenters. The van der Waals surface area contributed by atoms with Gasteiger partial charge in [0.2, 0.25) is 5.91 Å². The number of cyclic esters (lactones) is 1. The predicted molar refractivity (Wildman–Crippen MR) is 189 cm³/mol. The summed E-state index contributed by atoms with van der Waals surface area (Å²) in [5.74, 6) is -0.741. The number of pyridine rings is 2. The van der Waals surface area contributed by atoms with Crippen molar-refractivity contribution in [3.8, 4) is 17.1 Å². The number of benzene rings is 2. The zero-order valence-electron chi connectivity index (χ0n) is 29.0. The van der Waals surface area contributed by atoms with Crippen LogP contribution in [0.15, 0.2) is 53.3 Å². The van der Waals surface area contributed by atoms with Gasteiger partial charge in [0.1, 0.15) is 18.9 Å². The summed E-state index contributed by atoms with van der Waals surface area (Å²) < 4.78 is 7.67. The molecule has 1 saturated heterocycles. The van der Waals surface area contributed by atoms with E-state index in [1.54, 1.807) is 36.6 Å². The van der Waals surface area contributed by atoms with Crippen molar-refractivity contribution in [2.24, 2.45) is 5.73 Å². The Kier molecular flexibility index (Phi) is 8.54. The first-order valence-electron chi connectivity index (χ1n) is 17.3. The third-order valence-electron chi connectivity index (χ3n) is 10.9. The van der Waals surface area contributed by atoms with Crippen LogP contribution in [0.4, 0.5) is 5.69 Å². The van der Waals surface area contributed by atoms with Crippen LogP contribution in [-0.2, 0) is 46.2 Å². The average Bonchev–Trinajstić information content (AvgIpc) is 3.46. The lowest BCUT2D eigenvalue weighted by Crippen LogP contribution is -2.53. The largest absolute Gasteiger partial charge is 0.508 e. The van der Waals surface area contributed by atoms with Crippen LogP contribution in [0.3, 0.4) is 0 Å². The monoisotopic (exact) mass is 681 g/mol. The van der Waals surface area contributed by atoms with Gasteiger partial charge in [-0.1, -0.05) is 19.1 Å². The Morgan fingerprint density at radius 1 is 1.14 bits per heavy atom. The number of quaternary nitrogens is 1. The Morgan fingerprint density at radius 2 is 1.86 bits per heavy atom. The number of phenolic OH excluding ortho intramolecular Hbond substituents is 1. The van der Waals surface area contributed by atoms with Gasteiger partial charge in [-0.25, -0.2) is 9.78 Å². The van der Waals surface area contributed by atoms with Gasteiger partial charge in [-0.05, 0) is 49.7 Å². The molecule has 4 aromatic rings. The van der Waals surface area contributed by atoms with Gasteiger partial charge < -0.3 is 35.1 Å². The molecule has 3 aliphatic heterocycles. The summed E-state index contributed by atoms with van der Waals surface area (Å²) in [5, 5.41) is 25.9. The first kappa shape index (κ1) is 33.9. The number of hydrogen-bond acceptors (Lipinski definition) is 9. The minimum Gasteiger partial charge on any atom is -0.508 e. The van der Waals surface area contributed by atoms with Crippen molar-refractivity contribution in [3.05, 3.63) is 86.7 Å². The van der Waals surface area contributed by atoms with E-state index in [1.165, 1.54) is 5.56 Å². The SMILES string of the molecule is CC[C@@]1(O)C(=O)OCc2c1cc1n(c2=O)Cc2cc3c(CN4CCC([N+](C)(C)Cc5ccc(NC(=O)C(C)N)cc5)CC4)c(O)ccc3nc2-1. The summed E-state index contributed by atoms with van der Waals surface area (Å²) in [5.41, 5.74) is 9.58. The predicted octanol–water partition coefficient (Wildman–Crippen LogP) is 3.31. The Balaban J connectivity index is 1.07. The Morgan fingerprint density at radius 3 is 2.54 bits per heavy atom. The number of esters is 1. The molecule has 12 heteroatoms. The van der Waals surface area contributed by atoms with Gasteiger partial charge in [-0.2, -0.15) is 0 Å². The Hall–Kier alpha value is -4.62. The number of aromatic nitrogens is 2. The summed E-state index contributed by atoms with van der Waals surface area (Å²) in [6.45, 7) is 6.68. The van der Waals surface area contributed by atoms with Gasteiger partial charge in [-0.15, -0.1) is 0 Å². The zero-order valence-corrected chi connectivity index (χ0v) is 29.0. The second kappa shape index (κ2) is 12.6. The first-order valence-corrected chi connectivity index (χ1v) is 17.3. The molecular formula is C38H45N6O6+. The van der Waals surface area contributed by atoms with E-state index in [-0.39, 0.29) is 30.2 Å². The molecule has 5 N–H and O–H groups in total. The fourth-order valence-electron chi connectivity index (χ4n) is 7.82. The quantitative estimate of drug-likeness (QED) is 0.142. The molecule has 2 aromatic heterocycles. The topological polar surface area (TPSA) is 160 Å². The third kappa shape index (κ3) is 5.85. The highest BCUT2D eigenvalue weighted by atomic mass is 16.6. The fraction of sp³-hybridized carbons (Fsp3) is 0.421. The standard InChI is InChI=1S/C38H44N6O6/c1-5-38(49)30-17-32-34-24(18-43(32)36(47)29(30)21-50-37(38)48)16-27-28(33(45)11-10-31(27)41-34)19-42-14-12-26(13-15-42)44(3,4)20-23-6-8-25(9-7-23)40-35(46)22(2)39/h6-11,16-17,22,26,49H,5,12-15,18-21,39H2,1-4H3,(H-,40,45,46,47)/p+1/t22?,38-/m0/s1. The summed E-state index contributed by atoms with van der Waals surface area (Å²) in [6.07, 6.45) is 2.10. The van der Waals surface area contributed by atoms with Gasteiger partial charge in [0.05, 0.1) is 55.2 Å². The number of likely N-dealkylation sites (tertiary alicyclic amines) is 1. The number of piperidine rings is 1. The maximum atomic E-state index is 13.6. The number of carbonyl (C=O) groups is 2. The van der Waals surface area contributed by atoms with Crippen LogP contribution in [0.1, 0.15) is 60.9 Å². The van der Waals surface area contributed by atoms with Crippen LogP contribution in [0.25, 0.3) is 22.3 Å². The van der Waals surface area contributed by atoms with Crippen LogP contribution in [0.5, 0.6) is 5.75 Å². The fourth-order valence-corrected chi connectivity index (χ4v) is 7.82. The number of anilines is 1. The number of carbonyl (C=O) groups excluding carboxylic acids is 2. The van der Waals surface area contributed by atoms with E-state index in [0.29, 0.717) is 47.2 Å². The zero-order chi connectivity index (χ0) is 35.5. The number of ether oxygens (including phenoxy) is 1. The molecule has 262 valence electrons. The molecule has 0 saturated carbocycles. The van der Waals surface area contributed by atoms with Gasteiger partial charge >= 0.3 is 5.97 Å². The van der Waals surface area contributed by atoms with Crippen molar-refractivity contribution >= 4 is 28.5 Å². The highest BCUT2D eigenvalue weighted by Gasteiger charge is 2.45. The van der Waals surface area contributed by atoms with E-state index in [4.69, 9.17) is 15.5 Å². The Labute approximate surface area is 290 Å². The minimum absolute atomic E-state index is 0.0847. The Bertz CT molecular complexity index is 2070. The lowest BCUT2D eigenvalue weighted by molar-refractivity contribution is -0.929. The van der Waals surface area contributed by atoms with Crippen molar-refractivity contribution < 1.29 is 29.0 Å². The smallest absolute Gasteiger partial charge is 0.343 e. The second-order valence-corrected chi connectivity index (χ2v) is 14.6. The van der Waals surface area contributed by atoms with Gasteiger partial charge in [-0.3, -0.25) is 14.5 Å². The molecule has 0 spiro atoms. The maximum Gasteiger partial charge on any atom is 0.343 e. The van der Waals surface area contributed by atoms with Crippen LogP contribution in [-0.4, -0.2) is 80.3 Å². The molecule has 2 atom stereocenters. The summed E-state index contributed by atoms with van der Waals surface area (Å²) in [4.78, 5) is 45.4. The van der Waals surface area contributed by atoms with E-state index < -0.39 is 17.6 Å². The highest BCUT2D eigenvalue weighted by Crippen LogP contribution is 2.40. The number of aliphatic hydroxyl groups is 1. The van der Waals surface area contributed by atoms with E-state index in [1.807, 2.05) is 18.2 Å². The number of phenols is 1. The number of fused-ring (bicyclic) bond motifs is 5. The van der Waals surface area contributed by atoms with Crippen molar-refractivity contribution in [3.63, 3.8) is 0 Å². The number of nitrogens with two attached hydrogens (primary N) is 1. The molecule has 7 rings (SSSR count). The average molecular weight is 682 g/mol. The molecule has 0 aliphatic carbocycles. The lowest BCUT2D eigenvalue weighted by atomic mass is 9.86. The number of rotatable bonds is 8. The summed E-state index contributed by atoms with van der Waals surface area (Å²) >= 11 is 0. The normalized spacial score (nSPS) is 19.8. The number of hydrogen-bond donors (Lipinski definition) is 4. The lowest BCUT2D eigenvalue weighted by Gasteiger charge is -2.43. The number of nitrogens with one attached hydrogen (secondary N) is 1. The van der Waals surface area contributed by atoms with Crippen molar-refractivity contribution in [1.29, 1.82) is 0 Å². The first-order chi connectivity index (χ1) is 23.8. The van der Waals surface area contributed by atoms with Crippen molar-refractivity contribution in [1.82, 2.24) is 14.5 Å². The number of amides is 1. The molecule has 1 fully saturated rings. The van der Waals surface area contributed by atoms with Crippen molar-refractivity contribution in [2.45, 2.75) is 77.0 Å². The number of aromatic hydroxyl groups is 1. The number of nitrogens with zero attached hydrogens (tertiary/aromatic N) is 4. The summed E-state index contributed by atoms with van der Waals surface area (Å²) in [6, 6.07) is 15.1. The van der Waals surface area contributed by atoms with Gasteiger partial charge in [0.25, 0.3) is 5.56 Å². The molecule has 5 heterocycles. The molecule has 2 aromatic carbocycles. The van der Waals surface area contributed by atoms with Crippen LogP contribution >= 0.6 is 0 Å². The molecule has 0 bridgehead atoms. The van der Waals surface area contributed by atoms with Gasteiger partial charge in [0.15, 0.2) is 5.60 Å². The van der Waals surface area contributed by atoms with E-state index in [9.17, 15) is 24.6 Å². The molecule has 0 radical (unpaired) electrons. The molecule has 1 amide bonds.